The zero-order chi connectivity index (χ0) is 12.3. The van der Waals surface area contributed by atoms with Crippen molar-refractivity contribution in [3.8, 4) is 0 Å². The van der Waals surface area contributed by atoms with Gasteiger partial charge in [0.2, 0.25) is 0 Å². The maximum atomic E-state index is 11.7. The van der Waals surface area contributed by atoms with E-state index < -0.39 is 15.1 Å². The van der Waals surface area contributed by atoms with Crippen LogP contribution in [0.5, 0.6) is 0 Å². The van der Waals surface area contributed by atoms with Gasteiger partial charge in [-0.2, -0.15) is 0 Å². The van der Waals surface area contributed by atoms with E-state index in [9.17, 15) is 13.2 Å². The van der Waals surface area contributed by atoms with Gasteiger partial charge in [0.05, 0.1) is 17.0 Å². The summed E-state index contributed by atoms with van der Waals surface area (Å²) in [5.74, 6) is 0.257. The molecule has 1 atom stereocenters. The van der Waals surface area contributed by atoms with E-state index in [1.807, 2.05) is 0 Å². The second-order valence-corrected chi connectivity index (χ2v) is 7.09. The molecule has 0 aromatic rings. The second kappa shape index (κ2) is 5.22. The van der Waals surface area contributed by atoms with Gasteiger partial charge in [-0.1, -0.05) is 6.42 Å². The summed E-state index contributed by atoms with van der Waals surface area (Å²) in [5, 5.41) is 8.07. The summed E-state index contributed by atoms with van der Waals surface area (Å²) in [6, 6.07) is -0.0877. The van der Waals surface area contributed by atoms with Crippen molar-refractivity contribution in [1.29, 1.82) is 0 Å². The Labute approximate surface area is 101 Å². The monoisotopic (exact) mass is 261 g/mol. The van der Waals surface area contributed by atoms with E-state index in [0.29, 0.717) is 6.42 Å². The summed E-state index contributed by atoms with van der Waals surface area (Å²) in [4.78, 5) is 11.5. The molecule has 0 aliphatic carbocycles. The van der Waals surface area contributed by atoms with Gasteiger partial charge in [0.15, 0.2) is 9.84 Å². The molecule has 0 radical (unpaired) electrons. The Morgan fingerprint density at radius 1 is 1.29 bits per heavy atom. The lowest BCUT2D eigenvalue weighted by Gasteiger charge is -2.28. The molecule has 7 heteroatoms. The molecule has 2 aliphatic rings. The normalized spacial score (nSPS) is 28.1. The van der Waals surface area contributed by atoms with E-state index in [-0.39, 0.29) is 24.4 Å². The Hall–Kier alpha value is -0.820. The lowest BCUT2D eigenvalue weighted by Crippen LogP contribution is -2.59. The number of rotatable bonds is 3. The number of amides is 2. The smallest absolute Gasteiger partial charge is 0.315 e. The molecule has 3 N–H and O–H groups in total. The van der Waals surface area contributed by atoms with Crippen LogP contribution >= 0.6 is 0 Å². The third kappa shape index (κ3) is 3.32. The average molecular weight is 261 g/mol. The van der Waals surface area contributed by atoms with Gasteiger partial charge in [-0.15, -0.1) is 0 Å². The highest BCUT2D eigenvalue weighted by molar-refractivity contribution is 7.92. The van der Waals surface area contributed by atoms with E-state index >= 15 is 0 Å². The molecule has 0 saturated carbocycles. The number of hydrogen-bond acceptors (Lipinski definition) is 4. The van der Waals surface area contributed by atoms with Crippen LogP contribution in [0.4, 0.5) is 4.79 Å². The third-order valence-corrected chi connectivity index (χ3v) is 5.60. The molecule has 0 aromatic heterocycles. The zero-order valence-corrected chi connectivity index (χ0v) is 10.6. The van der Waals surface area contributed by atoms with Crippen molar-refractivity contribution in [1.82, 2.24) is 16.0 Å². The minimum atomic E-state index is -2.99. The van der Waals surface area contributed by atoms with E-state index in [1.54, 1.807) is 0 Å². The van der Waals surface area contributed by atoms with Crippen LogP contribution in [-0.4, -0.2) is 51.1 Å². The van der Waals surface area contributed by atoms with Gasteiger partial charge in [-0.3, -0.25) is 0 Å². The lowest BCUT2D eigenvalue weighted by atomic mass is 10.2. The van der Waals surface area contributed by atoms with Crippen LogP contribution in [0.3, 0.4) is 0 Å². The number of sulfone groups is 1. The summed E-state index contributed by atoms with van der Waals surface area (Å²) < 4.78 is 23.4. The van der Waals surface area contributed by atoms with Crippen LogP contribution in [0.15, 0.2) is 0 Å². The quantitative estimate of drug-likeness (QED) is 0.622. The molecular weight excluding hydrogens is 242 g/mol. The van der Waals surface area contributed by atoms with Gasteiger partial charge >= 0.3 is 6.03 Å². The Morgan fingerprint density at radius 3 is 2.65 bits per heavy atom. The summed E-state index contributed by atoms with van der Waals surface area (Å²) >= 11 is 0. The molecule has 2 rings (SSSR count). The van der Waals surface area contributed by atoms with Gasteiger partial charge in [0.1, 0.15) is 0 Å². The van der Waals surface area contributed by atoms with Crippen molar-refractivity contribution in [3.63, 3.8) is 0 Å². The third-order valence-electron chi connectivity index (χ3n) is 3.32. The van der Waals surface area contributed by atoms with E-state index in [4.69, 9.17) is 0 Å². The van der Waals surface area contributed by atoms with E-state index in [0.717, 1.165) is 25.9 Å². The van der Waals surface area contributed by atoms with Crippen molar-refractivity contribution < 1.29 is 13.2 Å². The summed E-state index contributed by atoms with van der Waals surface area (Å²) in [7, 11) is -2.99. The highest BCUT2D eigenvalue weighted by atomic mass is 32.2. The summed E-state index contributed by atoms with van der Waals surface area (Å²) in [6.45, 7) is 1.80. The van der Waals surface area contributed by atoms with E-state index in [2.05, 4.69) is 16.0 Å². The Kier molecular flexibility index (Phi) is 3.88. The first-order chi connectivity index (χ1) is 8.08. The molecule has 98 valence electrons. The number of nitrogens with one attached hydrogen (secondary N) is 3. The molecule has 2 heterocycles. The molecule has 17 heavy (non-hydrogen) atoms. The fourth-order valence-corrected chi connectivity index (χ4v) is 3.89. The van der Waals surface area contributed by atoms with Crippen LogP contribution in [0.2, 0.25) is 0 Å². The van der Waals surface area contributed by atoms with Crippen molar-refractivity contribution >= 4 is 15.9 Å². The first-order valence-electron chi connectivity index (χ1n) is 6.04. The Balaban J connectivity index is 1.74. The molecule has 0 aromatic carbocycles. The highest BCUT2D eigenvalue weighted by Crippen LogP contribution is 2.18. The second-order valence-electron chi connectivity index (χ2n) is 4.69. The van der Waals surface area contributed by atoms with Crippen LogP contribution in [0.1, 0.15) is 19.3 Å². The average Bonchev–Trinajstić information content (AvgIpc) is 2.21. The number of carbonyl (C=O) groups excluding carboxylic acids is 1. The fraction of sp³-hybridized carbons (Fsp3) is 0.900. The minimum Gasteiger partial charge on any atom is -0.337 e. The first kappa shape index (κ1) is 12.6. The maximum Gasteiger partial charge on any atom is 0.315 e. The first-order valence-corrected chi connectivity index (χ1v) is 7.76. The molecule has 6 nitrogen and oxygen atoms in total. The van der Waals surface area contributed by atoms with Crippen molar-refractivity contribution in [2.45, 2.75) is 30.6 Å². The molecule has 2 fully saturated rings. The Morgan fingerprint density at radius 2 is 2.06 bits per heavy atom. The van der Waals surface area contributed by atoms with Crippen LogP contribution < -0.4 is 16.0 Å². The van der Waals surface area contributed by atoms with Crippen molar-refractivity contribution in [2.24, 2.45) is 0 Å². The van der Waals surface area contributed by atoms with Gasteiger partial charge in [-0.25, -0.2) is 13.2 Å². The van der Waals surface area contributed by atoms with Crippen molar-refractivity contribution in [3.05, 3.63) is 0 Å². The van der Waals surface area contributed by atoms with Crippen LogP contribution in [-0.2, 0) is 9.84 Å². The maximum absolute atomic E-state index is 11.7. The topological polar surface area (TPSA) is 87.3 Å². The molecule has 2 aliphatic heterocycles. The number of carbonyl (C=O) groups is 1. The lowest BCUT2D eigenvalue weighted by molar-refractivity contribution is 0.231. The van der Waals surface area contributed by atoms with Crippen molar-refractivity contribution in [2.75, 3.05) is 25.4 Å². The highest BCUT2D eigenvalue weighted by Gasteiger charge is 2.29. The standard InChI is InChI=1S/C10H19N3O3S/c14-10(13-8-5-11-6-8)12-7-9-3-1-2-4-17(9,15)16/h8-9,11H,1-7H2,(H2,12,13,14). The molecular formula is C10H19N3O3S. The van der Waals surface area contributed by atoms with Gasteiger partial charge < -0.3 is 16.0 Å². The molecule has 2 saturated heterocycles. The van der Waals surface area contributed by atoms with Gasteiger partial charge in [-0.05, 0) is 12.8 Å². The molecule has 0 bridgehead atoms. The predicted molar refractivity (Wildman–Crippen MR) is 64.6 cm³/mol. The largest absolute Gasteiger partial charge is 0.337 e. The SMILES string of the molecule is O=C(NCC1CCCCS1(=O)=O)NC1CNC1. The van der Waals surface area contributed by atoms with Gasteiger partial charge in [0.25, 0.3) is 0 Å². The number of hydrogen-bond donors (Lipinski definition) is 3. The molecule has 0 spiro atoms. The Bertz CT molecular complexity index is 378. The van der Waals surface area contributed by atoms with Gasteiger partial charge in [0, 0.05) is 19.6 Å². The molecule has 2 amide bonds. The molecule has 1 unspecified atom stereocenters. The summed E-state index contributed by atoms with van der Waals surface area (Å²) in [5.41, 5.74) is 0. The zero-order valence-electron chi connectivity index (χ0n) is 9.74. The predicted octanol–water partition coefficient (Wildman–Crippen LogP) is -0.775. The minimum absolute atomic E-state index is 0.179. The fourth-order valence-electron chi connectivity index (χ4n) is 2.08. The van der Waals surface area contributed by atoms with Crippen LogP contribution in [0, 0.1) is 0 Å². The number of urea groups is 1. The van der Waals surface area contributed by atoms with E-state index in [1.165, 1.54) is 0 Å². The summed E-state index contributed by atoms with van der Waals surface area (Å²) in [6.07, 6.45) is 2.34. The van der Waals surface area contributed by atoms with Crippen LogP contribution in [0.25, 0.3) is 0 Å².